The van der Waals surface area contributed by atoms with Crippen LogP contribution in [0.25, 0.3) is 10.9 Å². The lowest BCUT2D eigenvalue weighted by molar-refractivity contribution is -0.156. The van der Waals surface area contributed by atoms with Gasteiger partial charge in [0.2, 0.25) is 13.3 Å². The number of ether oxygens (including phenoxy) is 3. The first kappa shape index (κ1) is 39.0. The van der Waals surface area contributed by atoms with Crippen molar-refractivity contribution in [2.24, 2.45) is 17.3 Å². The second-order valence-corrected chi connectivity index (χ2v) is 19.0. The molecule has 1 N–H and O–H groups in total. The van der Waals surface area contributed by atoms with E-state index in [-0.39, 0.29) is 60.8 Å². The zero-order valence-electron chi connectivity index (χ0n) is 31.0. The molecule has 1 unspecified atom stereocenters. The van der Waals surface area contributed by atoms with Crippen LogP contribution in [-0.4, -0.2) is 69.5 Å². The van der Waals surface area contributed by atoms with Gasteiger partial charge in [-0.15, -0.1) is 6.58 Å². The Morgan fingerprint density at radius 1 is 1.11 bits per heavy atom. The summed E-state index contributed by atoms with van der Waals surface area (Å²) in [6.45, 7) is 9.68. The normalized spacial score (nSPS) is 24.7. The Morgan fingerprint density at radius 3 is 2.47 bits per heavy atom. The summed E-state index contributed by atoms with van der Waals surface area (Å²) in [4.78, 5) is 60.1. The van der Waals surface area contributed by atoms with Crippen molar-refractivity contribution in [1.29, 1.82) is 0 Å². The van der Waals surface area contributed by atoms with E-state index in [1.165, 1.54) is 4.90 Å². The van der Waals surface area contributed by atoms with E-state index in [4.69, 9.17) is 25.8 Å². The third kappa shape index (κ3) is 8.50. The minimum Gasteiger partial charge on any atom is -0.497 e. The van der Waals surface area contributed by atoms with Gasteiger partial charge in [-0.25, -0.2) is 4.98 Å². The molecule has 53 heavy (non-hydrogen) atoms. The molecular weight excluding hydrogens is 715 g/mol. The lowest BCUT2D eigenvalue weighted by Gasteiger charge is -2.35. The maximum absolute atomic E-state index is 14.7. The first-order valence-electron chi connectivity index (χ1n) is 18.5. The van der Waals surface area contributed by atoms with Crippen molar-refractivity contribution in [3.05, 3.63) is 78.0 Å². The molecule has 1 saturated heterocycles. The van der Waals surface area contributed by atoms with Crippen molar-refractivity contribution in [3.8, 4) is 11.5 Å². The zero-order chi connectivity index (χ0) is 38.1. The number of hydrogen-bond acceptors (Lipinski definition) is 8. The van der Waals surface area contributed by atoms with Crippen LogP contribution in [0.1, 0.15) is 77.7 Å². The van der Waals surface area contributed by atoms with Crippen LogP contribution in [0.2, 0.25) is 5.15 Å². The fraction of sp³-hybridized carbons (Fsp3) is 0.512. The van der Waals surface area contributed by atoms with Gasteiger partial charge in [-0.1, -0.05) is 68.8 Å². The van der Waals surface area contributed by atoms with Gasteiger partial charge in [-0.3, -0.25) is 18.9 Å². The van der Waals surface area contributed by atoms with Crippen molar-refractivity contribution in [1.82, 2.24) is 9.88 Å². The summed E-state index contributed by atoms with van der Waals surface area (Å²) in [5.74, 6) is -1.17. The van der Waals surface area contributed by atoms with Crippen molar-refractivity contribution in [2.45, 2.75) is 102 Å². The maximum Gasteiger partial charge on any atom is 0.306 e. The monoisotopic (exact) mass is 764 g/mol. The minimum absolute atomic E-state index is 0.0652. The summed E-state index contributed by atoms with van der Waals surface area (Å²) in [5.41, 5.74) is 0.626. The molecule has 3 aliphatic rings. The van der Waals surface area contributed by atoms with Gasteiger partial charge in [-0.05, 0) is 61.1 Å². The summed E-state index contributed by atoms with van der Waals surface area (Å²) in [6, 6.07) is 15.1. The molecule has 6 rings (SSSR count). The highest BCUT2D eigenvalue weighted by Gasteiger charge is 2.65. The lowest BCUT2D eigenvalue weighted by Crippen LogP contribution is -2.48. The average Bonchev–Trinajstić information content (AvgIpc) is 3.37. The molecule has 2 heterocycles. The van der Waals surface area contributed by atoms with Crippen molar-refractivity contribution >= 4 is 47.5 Å². The van der Waals surface area contributed by atoms with Crippen LogP contribution in [-0.2, 0) is 29.8 Å². The summed E-state index contributed by atoms with van der Waals surface area (Å²) in [6.07, 6.45) is 4.64. The second-order valence-electron chi connectivity index (χ2n) is 16.0. The Hall–Kier alpha value is -3.72. The SMILES string of the molecule is C=C[C@@H]1C[C@]1(CC(=O)[C@@H]1C[C@@H](Oc2cc(Cl)nc3cc(OC)ccc23)CN1C(=O)[C@@H](CC(=O)OC1CCCC1)C(C)(C)C)P(=O)(O)Cc1ccccc1. The number of hydrogen-bond donors (Lipinski definition) is 1. The first-order valence-corrected chi connectivity index (χ1v) is 20.7. The van der Waals surface area contributed by atoms with Crippen LogP contribution >= 0.6 is 19.0 Å². The van der Waals surface area contributed by atoms with Crippen LogP contribution in [0.5, 0.6) is 11.5 Å². The standard InChI is InChI=1S/C41H50ClN2O8P/c1-6-27-22-41(27,53(48,49)25-26-12-8-7-9-13-26)23-35(45)34-19-30(51-36-21-37(42)43-33-18-29(50-5)16-17-31(33)36)24-44(34)39(47)32(40(2,3)4)20-38(46)52-28-14-10-11-15-28/h6-9,12-13,16-18,21,27-28,30,32,34H,1,10-11,14-15,19-20,22-25H2,2-5H3,(H,48,49)/t27-,30-,32-,34+,41-/m1/s1. The number of likely N-dealkylation sites (tertiary alicyclic amines) is 1. The predicted molar refractivity (Wildman–Crippen MR) is 204 cm³/mol. The number of Topliss-reactive ketones (excluding diaryl/α,β-unsaturated/α-hetero) is 1. The number of rotatable bonds is 14. The molecule has 3 aromatic rings. The van der Waals surface area contributed by atoms with Crippen LogP contribution in [0.3, 0.4) is 0 Å². The minimum atomic E-state index is -3.93. The molecule has 12 heteroatoms. The molecule has 1 aromatic heterocycles. The number of methoxy groups -OCH3 is 1. The molecular formula is C41H50ClN2O8P. The van der Waals surface area contributed by atoms with Crippen LogP contribution in [0, 0.1) is 17.3 Å². The Bertz CT molecular complexity index is 1910. The Labute approximate surface area is 316 Å². The van der Waals surface area contributed by atoms with Crippen molar-refractivity contribution < 1.29 is 38.1 Å². The molecule has 2 aromatic carbocycles. The van der Waals surface area contributed by atoms with E-state index in [1.807, 2.05) is 45.0 Å². The molecule has 1 amide bonds. The van der Waals surface area contributed by atoms with Gasteiger partial charge in [0.05, 0.1) is 48.9 Å². The third-order valence-corrected chi connectivity index (χ3v) is 14.3. The fourth-order valence-electron chi connectivity index (χ4n) is 8.11. The number of carbonyl (C=O) groups excluding carboxylic acids is 3. The molecule has 10 nitrogen and oxygen atoms in total. The third-order valence-electron chi connectivity index (χ3n) is 11.3. The van der Waals surface area contributed by atoms with E-state index in [9.17, 15) is 23.8 Å². The Kier molecular flexibility index (Phi) is 11.4. The molecule has 2 aliphatic carbocycles. The predicted octanol–water partition coefficient (Wildman–Crippen LogP) is 8.16. The second kappa shape index (κ2) is 15.6. The van der Waals surface area contributed by atoms with Crippen molar-refractivity contribution in [3.63, 3.8) is 0 Å². The highest BCUT2D eigenvalue weighted by molar-refractivity contribution is 7.59. The van der Waals surface area contributed by atoms with Gasteiger partial charge in [0.25, 0.3) is 0 Å². The van der Waals surface area contributed by atoms with E-state index < -0.39 is 42.0 Å². The maximum atomic E-state index is 14.7. The largest absolute Gasteiger partial charge is 0.497 e. The van der Waals surface area contributed by atoms with Crippen LogP contribution in [0.4, 0.5) is 0 Å². The molecule has 0 radical (unpaired) electrons. The van der Waals surface area contributed by atoms with E-state index in [0.29, 0.717) is 34.4 Å². The first-order chi connectivity index (χ1) is 25.1. The summed E-state index contributed by atoms with van der Waals surface area (Å²) in [5, 5.41) is -0.299. The number of fused-ring (bicyclic) bond motifs is 1. The number of esters is 1. The number of amides is 1. The fourth-order valence-corrected chi connectivity index (χ4v) is 10.8. The quantitative estimate of drug-likeness (QED) is 0.0748. The average molecular weight is 765 g/mol. The number of nitrogens with zero attached hydrogens (tertiary/aromatic N) is 2. The molecule has 2 saturated carbocycles. The lowest BCUT2D eigenvalue weighted by atomic mass is 9.77. The smallest absolute Gasteiger partial charge is 0.306 e. The van der Waals surface area contributed by atoms with Gasteiger partial charge in [0, 0.05) is 30.4 Å². The van der Waals surface area contributed by atoms with Gasteiger partial charge >= 0.3 is 5.97 Å². The van der Waals surface area contributed by atoms with Gasteiger partial charge < -0.3 is 24.0 Å². The van der Waals surface area contributed by atoms with Gasteiger partial charge in [0.1, 0.15) is 28.9 Å². The Morgan fingerprint density at radius 2 is 1.83 bits per heavy atom. The number of pyridine rings is 1. The molecule has 284 valence electrons. The zero-order valence-corrected chi connectivity index (χ0v) is 32.6. The van der Waals surface area contributed by atoms with E-state index in [0.717, 1.165) is 25.7 Å². The van der Waals surface area contributed by atoms with Crippen LogP contribution < -0.4 is 9.47 Å². The summed E-state index contributed by atoms with van der Waals surface area (Å²) in [7, 11) is -2.37. The highest BCUT2D eigenvalue weighted by Crippen LogP contribution is 2.74. The van der Waals surface area contributed by atoms with E-state index in [2.05, 4.69) is 11.6 Å². The molecule has 0 spiro atoms. The molecule has 6 atom stereocenters. The summed E-state index contributed by atoms with van der Waals surface area (Å²) < 4.78 is 31.9. The molecule has 1 aliphatic heterocycles. The highest BCUT2D eigenvalue weighted by atomic mass is 35.5. The number of benzene rings is 2. The number of ketones is 1. The molecule has 0 bridgehead atoms. The van der Waals surface area contributed by atoms with Gasteiger partial charge in [-0.2, -0.15) is 0 Å². The van der Waals surface area contributed by atoms with Crippen molar-refractivity contribution in [2.75, 3.05) is 13.7 Å². The Balaban J connectivity index is 1.30. The summed E-state index contributed by atoms with van der Waals surface area (Å²) >= 11 is 6.42. The molecule has 3 fully saturated rings. The van der Waals surface area contributed by atoms with E-state index >= 15 is 0 Å². The van der Waals surface area contributed by atoms with Crippen LogP contribution in [0.15, 0.2) is 67.3 Å². The number of halogens is 1. The van der Waals surface area contributed by atoms with E-state index in [1.54, 1.807) is 43.5 Å². The number of allylic oxidation sites excluding steroid dienone is 1. The van der Waals surface area contributed by atoms with Gasteiger partial charge in [0.15, 0.2) is 5.78 Å². The topological polar surface area (TPSA) is 132 Å². The number of carbonyl (C=O) groups is 3. The number of aromatic nitrogens is 1.